The lowest BCUT2D eigenvalue weighted by Gasteiger charge is -2.32. The highest BCUT2D eigenvalue weighted by molar-refractivity contribution is 5.85. The van der Waals surface area contributed by atoms with Gasteiger partial charge in [0, 0.05) is 32.1 Å². The van der Waals surface area contributed by atoms with Gasteiger partial charge < -0.3 is 24.3 Å². The minimum Gasteiger partial charge on any atom is -0.494 e. The molecule has 29 heavy (non-hydrogen) atoms. The van der Waals surface area contributed by atoms with Crippen molar-refractivity contribution in [3.05, 3.63) is 35.9 Å². The van der Waals surface area contributed by atoms with Crippen molar-refractivity contribution in [3.8, 4) is 11.5 Å². The summed E-state index contributed by atoms with van der Waals surface area (Å²) >= 11 is 0. The van der Waals surface area contributed by atoms with Gasteiger partial charge in [0.15, 0.2) is 6.61 Å². The average molecular weight is 422 g/mol. The molecule has 1 fully saturated rings. The molecule has 2 aromatic rings. The van der Waals surface area contributed by atoms with Gasteiger partial charge in [-0.2, -0.15) is 0 Å². The quantitative estimate of drug-likeness (QED) is 0.768. The lowest BCUT2D eigenvalue weighted by atomic mass is 9.95. The number of ether oxygens (including phenoxy) is 2. The molecule has 0 saturated carbocycles. The third-order valence-corrected chi connectivity index (χ3v) is 5.36. The fraction of sp³-hybridized carbons (Fsp3) is 0.550. The van der Waals surface area contributed by atoms with Crippen LogP contribution in [-0.2, 0) is 17.9 Å². The topological polar surface area (TPSA) is 81.5 Å². The number of nitrogens with one attached hydrogen (secondary N) is 1. The van der Waals surface area contributed by atoms with Crippen LogP contribution in [0.4, 0.5) is 0 Å². The number of carbonyl (C=O) groups is 1. The number of amides is 1. The molecule has 0 aliphatic carbocycles. The predicted molar refractivity (Wildman–Crippen MR) is 111 cm³/mol. The molecule has 1 amide bonds. The van der Waals surface area contributed by atoms with Crippen LogP contribution in [0.2, 0.25) is 0 Å². The largest absolute Gasteiger partial charge is 0.494 e. The Morgan fingerprint density at radius 2 is 1.79 bits per heavy atom. The Labute approximate surface area is 177 Å². The Morgan fingerprint density at radius 3 is 2.48 bits per heavy atom. The molecule has 1 N–H and O–H groups in total. The van der Waals surface area contributed by atoms with E-state index in [1.165, 1.54) is 0 Å². The molecular weight excluding hydrogens is 394 g/mol. The first-order valence-corrected chi connectivity index (χ1v) is 10.0. The normalized spacial score (nSPS) is 16.7. The molecule has 0 radical (unpaired) electrons. The second-order valence-corrected chi connectivity index (χ2v) is 7.15. The van der Waals surface area contributed by atoms with E-state index >= 15 is 0 Å². The Hall–Kier alpha value is -2.32. The summed E-state index contributed by atoms with van der Waals surface area (Å²) in [6.45, 7) is 6.76. The number of fused-ring (bicyclic) bond motifs is 1. The Balaban J connectivity index is 0.00000240. The van der Waals surface area contributed by atoms with Crippen LogP contribution >= 0.6 is 12.4 Å². The highest BCUT2D eigenvalue weighted by Gasteiger charge is 2.28. The molecule has 0 atom stereocenters. The van der Waals surface area contributed by atoms with Crippen molar-refractivity contribution < 1.29 is 14.3 Å². The monoisotopic (exact) mass is 421 g/mol. The number of carbonyl (C=O) groups excluding carboxylic acids is 1. The molecule has 3 heterocycles. The second kappa shape index (κ2) is 9.93. The summed E-state index contributed by atoms with van der Waals surface area (Å²) in [6, 6.07) is 7.36. The van der Waals surface area contributed by atoms with Gasteiger partial charge in [0.25, 0.3) is 5.91 Å². The lowest BCUT2D eigenvalue weighted by molar-refractivity contribution is -0.134. The molecule has 1 aromatic heterocycles. The molecule has 8 nitrogen and oxygen atoms in total. The van der Waals surface area contributed by atoms with Gasteiger partial charge in [-0.15, -0.1) is 22.6 Å². The predicted octanol–water partition coefficient (Wildman–Crippen LogP) is 1.99. The number of halogens is 1. The van der Waals surface area contributed by atoms with Crippen LogP contribution in [0.5, 0.6) is 11.5 Å². The molecule has 1 saturated heterocycles. The molecule has 2 aliphatic rings. The van der Waals surface area contributed by atoms with Gasteiger partial charge in [-0.25, -0.2) is 0 Å². The molecule has 0 spiro atoms. The maximum atomic E-state index is 12.5. The van der Waals surface area contributed by atoms with E-state index in [1.54, 1.807) is 0 Å². The smallest absolute Gasteiger partial charge is 0.260 e. The number of benzene rings is 1. The molecule has 0 unspecified atom stereocenters. The summed E-state index contributed by atoms with van der Waals surface area (Å²) in [7, 11) is 0. The summed E-state index contributed by atoms with van der Waals surface area (Å²) in [5.41, 5.74) is 0. The fourth-order valence-corrected chi connectivity index (χ4v) is 3.84. The zero-order valence-electron chi connectivity index (χ0n) is 16.7. The number of rotatable bonds is 6. The van der Waals surface area contributed by atoms with E-state index in [1.807, 2.05) is 36.1 Å². The summed E-state index contributed by atoms with van der Waals surface area (Å²) < 4.78 is 13.3. The lowest BCUT2D eigenvalue weighted by Crippen LogP contribution is -2.41. The fourth-order valence-electron chi connectivity index (χ4n) is 3.84. The number of hydrogen-bond acceptors (Lipinski definition) is 6. The van der Waals surface area contributed by atoms with E-state index in [0.717, 1.165) is 63.0 Å². The van der Waals surface area contributed by atoms with Crippen LogP contribution in [0.3, 0.4) is 0 Å². The zero-order chi connectivity index (χ0) is 19.3. The van der Waals surface area contributed by atoms with Gasteiger partial charge in [0.1, 0.15) is 23.1 Å². The first-order valence-electron chi connectivity index (χ1n) is 10.0. The summed E-state index contributed by atoms with van der Waals surface area (Å²) in [6.07, 6.45) is 1.83. The maximum absolute atomic E-state index is 12.5. The van der Waals surface area contributed by atoms with Crippen LogP contribution < -0.4 is 14.8 Å². The molecule has 158 valence electrons. The van der Waals surface area contributed by atoms with Crippen LogP contribution in [0.15, 0.2) is 24.3 Å². The van der Waals surface area contributed by atoms with Crippen molar-refractivity contribution in [1.29, 1.82) is 0 Å². The first-order chi connectivity index (χ1) is 13.7. The van der Waals surface area contributed by atoms with E-state index in [0.29, 0.717) is 18.3 Å². The highest BCUT2D eigenvalue weighted by Crippen LogP contribution is 2.28. The van der Waals surface area contributed by atoms with Crippen molar-refractivity contribution >= 4 is 18.3 Å². The third kappa shape index (κ3) is 5.00. The zero-order valence-corrected chi connectivity index (χ0v) is 17.5. The molecule has 4 rings (SSSR count). The molecule has 9 heteroatoms. The van der Waals surface area contributed by atoms with Crippen molar-refractivity contribution in [2.24, 2.45) is 0 Å². The Kier molecular flexibility index (Phi) is 7.33. The molecule has 0 bridgehead atoms. The SMILES string of the molecule is CCOc1ccc(OCC(=O)N2CCC(c3nnc4n3CCNC4)CC2)cc1.Cl. The van der Waals surface area contributed by atoms with Gasteiger partial charge in [0.05, 0.1) is 13.2 Å². The number of piperidine rings is 1. The van der Waals surface area contributed by atoms with Crippen molar-refractivity contribution in [1.82, 2.24) is 25.0 Å². The number of likely N-dealkylation sites (tertiary alicyclic amines) is 1. The van der Waals surface area contributed by atoms with Gasteiger partial charge >= 0.3 is 0 Å². The first kappa shape index (κ1) is 21.4. The van der Waals surface area contributed by atoms with Crippen LogP contribution in [0, 0.1) is 0 Å². The van der Waals surface area contributed by atoms with E-state index in [-0.39, 0.29) is 24.9 Å². The summed E-state index contributed by atoms with van der Waals surface area (Å²) in [5.74, 6) is 3.97. The minimum atomic E-state index is 0. The third-order valence-electron chi connectivity index (χ3n) is 5.36. The van der Waals surface area contributed by atoms with Crippen LogP contribution in [0.25, 0.3) is 0 Å². The molecule has 2 aliphatic heterocycles. The van der Waals surface area contributed by atoms with E-state index in [9.17, 15) is 4.79 Å². The molecule has 1 aromatic carbocycles. The Morgan fingerprint density at radius 1 is 1.10 bits per heavy atom. The number of hydrogen-bond donors (Lipinski definition) is 1. The Bertz CT molecular complexity index is 803. The van der Waals surface area contributed by atoms with E-state index < -0.39 is 0 Å². The van der Waals surface area contributed by atoms with Crippen molar-refractivity contribution in [2.45, 2.75) is 38.8 Å². The van der Waals surface area contributed by atoms with E-state index in [4.69, 9.17) is 9.47 Å². The summed E-state index contributed by atoms with van der Waals surface area (Å²) in [4.78, 5) is 14.4. The number of aromatic nitrogens is 3. The minimum absolute atomic E-state index is 0. The van der Waals surface area contributed by atoms with E-state index in [2.05, 4.69) is 20.1 Å². The van der Waals surface area contributed by atoms with Gasteiger partial charge in [0.2, 0.25) is 0 Å². The van der Waals surface area contributed by atoms with Gasteiger partial charge in [-0.3, -0.25) is 4.79 Å². The molecular formula is C20H28ClN5O3. The van der Waals surface area contributed by atoms with Crippen LogP contribution in [0.1, 0.15) is 37.3 Å². The van der Waals surface area contributed by atoms with Gasteiger partial charge in [-0.1, -0.05) is 0 Å². The van der Waals surface area contributed by atoms with Crippen molar-refractivity contribution in [2.75, 3.05) is 32.8 Å². The maximum Gasteiger partial charge on any atom is 0.260 e. The van der Waals surface area contributed by atoms with Gasteiger partial charge in [-0.05, 0) is 44.0 Å². The van der Waals surface area contributed by atoms with Crippen LogP contribution in [-0.4, -0.2) is 58.4 Å². The second-order valence-electron chi connectivity index (χ2n) is 7.15. The highest BCUT2D eigenvalue weighted by atomic mass is 35.5. The number of nitrogens with zero attached hydrogens (tertiary/aromatic N) is 4. The standard InChI is InChI=1S/C20H27N5O3.ClH/c1-2-27-16-3-5-17(6-4-16)28-14-19(26)24-10-7-15(8-11-24)20-23-22-18-13-21-9-12-25(18)20;/h3-6,15,21H,2,7-14H2,1H3;1H. The van der Waals surface area contributed by atoms with Crippen molar-refractivity contribution in [3.63, 3.8) is 0 Å². The summed E-state index contributed by atoms with van der Waals surface area (Å²) in [5, 5.41) is 12.0. The average Bonchev–Trinajstić information content (AvgIpc) is 3.17.